The van der Waals surface area contributed by atoms with Crippen LogP contribution in [0.3, 0.4) is 0 Å². The molecular formula is C74H72B2N4. The van der Waals surface area contributed by atoms with Crippen LogP contribution in [0, 0.1) is 27.7 Å². The normalized spacial score (nSPS) is 14.4. The average molecular weight is 1040 g/mol. The topological polar surface area (TPSA) is 16.3 Å². The maximum absolute atomic E-state index is 2.77. The zero-order chi connectivity index (χ0) is 55.8. The van der Waals surface area contributed by atoms with E-state index in [1.54, 1.807) is 0 Å². The molecule has 4 aliphatic rings. The quantitative estimate of drug-likeness (QED) is 0.160. The van der Waals surface area contributed by atoms with Crippen molar-refractivity contribution in [3.8, 4) is 11.4 Å². The van der Waals surface area contributed by atoms with Gasteiger partial charge in [0.15, 0.2) is 0 Å². The van der Waals surface area contributed by atoms with Crippen molar-refractivity contribution in [3.05, 3.63) is 190 Å². The summed E-state index contributed by atoms with van der Waals surface area (Å²) in [4.78, 5) is 5.46. The van der Waals surface area contributed by atoms with E-state index in [2.05, 4.69) is 275 Å². The van der Waals surface area contributed by atoms with E-state index in [0.717, 1.165) is 0 Å². The summed E-state index contributed by atoms with van der Waals surface area (Å²) < 4.78 is 5.28. The first-order valence-electron chi connectivity index (χ1n) is 29.3. The molecule has 0 bridgehead atoms. The van der Waals surface area contributed by atoms with Crippen molar-refractivity contribution < 1.29 is 0 Å². The van der Waals surface area contributed by atoms with E-state index in [4.69, 9.17) is 0 Å². The van der Waals surface area contributed by atoms with Crippen LogP contribution in [0.15, 0.2) is 146 Å². The standard InChI is InChI=1S/C74H72B2N4/c1-41-22-19-23-42(2)66(41)79-61-29-21-28-60-64(61)76(56-37-47(73(11,12)13)36-50-48-34-45(71(5,6)7)31-33-58(48)78(60)68(50)56)54-40-63-55(39-62(54)79)75-53-26-17-18-27-59(53)77-57-32-30-46(72(8,9)10)35-49(57)51-38-52(74(14,15)16)70(65(75)69(51)77)80(63)67-43(3)24-20-25-44(67)4/h17-40H,1-16H3. The van der Waals surface area contributed by atoms with Crippen LogP contribution < -0.4 is 42.6 Å². The Kier molecular flexibility index (Phi) is 9.89. The number of anilines is 6. The van der Waals surface area contributed by atoms with E-state index in [0.29, 0.717) is 0 Å². The summed E-state index contributed by atoms with van der Waals surface area (Å²) in [6, 6.07) is 58.1. The minimum atomic E-state index is -0.214. The molecule has 394 valence electrons. The molecule has 0 aliphatic carbocycles. The van der Waals surface area contributed by atoms with Crippen LogP contribution in [0.4, 0.5) is 34.1 Å². The van der Waals surface area contributed by atoms with Crippen molar-refractivity contribution in [2.75, 3.05) is 9.80 Å². The minimum Gasteiger partial charge on any atom is -0.311 e. The second kappa shape index (κ2) is 16.0. The zero-order valence-electron chi connectivity index (χ0n) is 49.8. The number of hydrogen-bond acceptors (Lipinski definition) is 2. The lowest BCUT2D eigenvalue weighted by Crippen LogP contribution is -2.64. The summed E-state index contributed by atoms with van der Waals surface area (Å²) in [5.74, 6) is 0. The largest absolute Gasteiger partial charge is 0.311 e. The van der Waals surface area contributed by atoms with Gasteiger partial charge in [-0.25, -0.2) is 0 Å². The van der Waals surface area contributed by atoms with E-state index in [1.807, 2.05) is 0 Å². The van der Waals surface area contributed by atoms with Crippen LogP contribution in [-0.4, -0.2) is 22.6 Å². The molecule has 6 heteroatoms. The number of aromatic nitrogens is 2. The highest BCUT2D eigenvalue weighted by Crippen LogP contribution is 2.51. The summed E-state index contributed by atoms with van der Waals surface area (Å²) in [5, 5.41) is 5.34. The van der Waals surface area contributed by atoms with Gasteiger partial charge in [-0.3, -0.25) is 0 Å². The van der Waals surface area contributed by atoms with E-state index < -0.39 is 0 Å². The van der Waals surface area contributed by atoms with Gasteiger partial charge in [0.1, 0.15) is 0 Å². The van der Waals surface area contributed by atoms with Gasteiger partial charge < -0.3 is 18.9 Å². The molecule has 0 unspecified atom stereocenters. The molecule has 6 heterocycles. The van der Waals surface area contributed by atoms with Gasteiger partial charge in [-0.05, 0) is 193 Å². The van der Waals surface area contributed by atoms with Gasteiger partial charge in [-0.1, -0.05) is 162 Å². The first-order chi connectivity index (χ1) is 37.9. The molecule has 0 radical (unpaired) electrons. The van der Waals surface area contributed by atoms with Gasteiger partial charge >= 0.3 is 0 Å². The fraction of sp³-hybridized carbons (Fsp3) is 0.270. The van der Waals surface area contributed by atoms with Crippen LogP contribution in [0.1, 0.15) is 128 Å². The Morgan fingerprint density at radius 3 is 1.34 bits per heavy atom. The lowest BCUT2D eigenvalue weighted by molar-refractivity contribution is 0.590. The highest BCUT2D eigenvalue weighted by Gasteiger charge is 2.49. The lowest BCUT2D eigenvalue weighted by Gasteiger charge is -2.46. The first kappa shape index (κ1) is 49.4. The van der Waals surface area contributed by atoms with Crippen molar-refractivity contribution >= 4 is 124 Å². The molecule has 4 nitrogen and oxygen atoms in total. The Bertz CT molecular complexity index is 4550. The molecule has 2 aromatic heterocycles. The maximum atomic E-state index is 2.77. The molecule has 80 heavy (non-hydrogen) atoms. The van der Waals surface area contributed by atoms with Gasteiger partial charge in [0.25, 0.3) is 13.4 Å². The van der Waals surface area contributed by atoms with Crippen molar-refractivity contribution in [1.82, 2.24) is 9.13 Å². The summed E-state index contributed by atoms with van der Waals surface area (Å²) >= 11 is 0. The van der Waals surface area contributed by atoms with Crippen LogP contribution in [0.25, 0.3) is 55.0 Å². The van der Waals surface area contributed by atoms with Gasteiger partial charge in [-0.2, -0.15) is 0 Å². The SMILES string of the molecule is Cc1cccc(C)c1N1c2cc3c(cc2B2c4c1cccc4-n1c4ccc(C(C)(C)C)cc4c4cc(C(C)(C)C)cc2c41)N(c1c(C)cccc1C)c1c(C(C)(C)C)cc2c4cc(C(C)(C)C)ccc4n4c2c1B3c1ccccc1-4. The maximum Gasteiger partial charge on any atom is 0.252 e. The summed E-state index contributed by atoms with van der Waals surface area (Å²) in [6.45, 7) is 37.8. The molecular weight excluding hydrogens is 966 g/mol. The number of hydrogen-bond donors (Lipinski definition) is 0. The number of para-hydroxylation sites is 3. The number of benzene rings is 9. The van der Waals surface area contributed by atoms with E-state index >= 15 is 0 Å². The van der Waals surface area contributed by atoms with Gasteiger partial charge in [0, 0.05) is 61.2 Å². The second-order valence-electron chi connectivity index (χ2n) is 28.4. The Balaban J connectivity index is 1.14. The van der Waals surface area contributed by atoms with Crippen LogP contribution in [0.5, 0.6) is 0 Å². The number of fused-ring (bicyclic) bond motifs is 15. The molecule has 4 aliphatic heterocycles. The van der Waals surface area contributed by atoms with E-state index in [9.17, 15) is 0 Å². The highest BCUT2D eigenvalue weighted by molar-refractivity contribution is 7.02. The Labute approximate surface area is 474 Å². The predicted octanol–water partition coefficient (Wildman–Crippen LogP) is 15.5. The monoisotopic (exact) mass is 1040 g/mol. The summed E-state index contributed by atoms with van der Waals surface area (Å²) in [6.07, 6.45) is 0. The third-order valence-electron chi connectivity index (χ3n) is 19.1. The molecule has 11 aromatic rings. The Morgan fingerprint density at radius 2 is 0.775 bits per heavy atom. The lowest BCUT2D eigenvalue weighted by atomic mass is 9.31. The molecule has 15 rings (SSSR count). The smallest absolute Gasteiger partial charge is 0.252 e. The summed E-state index contributed by atoms with van der Waals surface area (Å²) in [5.41, 5.74) is 33.8. The van der Waals surface area contributed by atoms with Crippen LogP contribution in [-0.2, 0) is 21.7 Å². The van der Waals surface area contributed by atoms with Crippen molar-refractivity contribution in [2.45, 2.75) is 132 Å². The molecule has 0 amide bonds. The third-order valence-corrected chi connectivity index (χ3v) is 19.1. The van der Waals surface area contributed by atoms with Crippen molar-refractivity contribution in [1.29, 1.82) is 0 Å². The molecule has 0 fully saturated rings. The van der Waals surface area contributed by atoms with Gasteiger partial charge in [0.2, 0.25) is 0 Å². The van der Waals surface area contributed by atoms with Crippen LogP contribution in [0.2, 0.25) is 0 Å². The molecule has 0 saturated carbocycles. The Hall–Kier alpha value is -7.69. The molecule has 0 saturated heterocycles. The van der Waals surface area contributed by atoms with Crippen LogP contribution >= 0.6 is 0 Å². The fourth-order valence-electron chi connectivity index (χ4n) is 15.2. The van der Waals surface area contributed by atoms with Crippen molar-refractivity contribution in [2.24, 2.45) is 0 Å². The minimum absolute atomic E-state index is 0.00246. The fourth-order valence-corrected chi connectivity index (χ4v) is 15.2. The number of nitrogens with zero attached hydrogens (tertiary/aromatic N) is 4. The average Bonchev–Trinajstić information content (AvgIpc) is 3.05. The molecule has 9 aromatic carbocycles. The number of rotatable bonds is 2. The highest BCUT2D eigenvalue weighted by atomic mass is 15.2. The molecule has 0 atom stereocenters. The number of aryl methyl sites for hydroxylation is 4. The Morgan fingerprint density at radius 1 is 0.312 bits per heavy atom. The third kappa shape index (κ3) is 6.54. The predicted molar refractivity (Wildman–Crippen MR) is 348 cm³/mol. The molecule has 0 N–H and O–H groups in total. The zero-order valence-corrected chi connectivity index (χ0v) is 49.8. The van der Waals surface area contributed by atoms with E-state index in [-0.39, 0.29) is 35.1 Å². The molecule has 0 spiro atoms. The van der Waals surface area contributed by atoms with Crippen molar-refractivity contribution in [3.63, 3.8) is 0 Å². The first-order valence-corrected chi connectivity index (χ1v) is 29.3. The van der Waals surface area contributed by atoms with E-state index in [1.165, 1.54) is 166 Å². The van der Waals surface area contributed by atoms with Gasteiger partial charge in [0.05, 0.1) is 27.9 Å². The van der Waals surface area contributed by atoms with Gasteiger partial charge in [-0.15, -0.1) is 0 Å². The second-order valence-corrected chi connectivity index (χ2v) is 28.4. The summed E-state index contributed by atoms with van der Waals surface area (Å²) in [7, 11) is 0.